The third kappa shape index (κ3) is 4.92. The summed E-state index contributed by atoms with van der Waals surface area (Å²) >= 11 is 3.37. The topological polar surface area (TPSA) is 103 Å². The van der Waals surface area contributed by atoms with Gasteiger partial charge >= 0.3 is 5.97 Å². The molecule has 37 heavy (non-hydrogen) atoms. The highest BCUT2D eigenvalue weighted by Gasteiger charge is 2.42. The summed E-state index contributed by atoms with van der Waals surface area (Å²) in [5.74, 6) is 0.0566. The molecule has 0 aromatic heterocycles. The molecule has 2 atom stereocenters. The fourth-order valence-corrected chi connectivity index (χ4v) is 5.57. The van der Waals surface area contributed by atoms with Crippen LogP contribution in [0.25, 0.3) is 0 Å². The van der Waals surface area contributed by atoms with Gasteiger partial charge in [-0.1, -0.05) is 6.07 Å². The number of hydrogen-bond donors (Lipinski definition) is 2. The molecule has 8 nitrogen and oxygen atoms in total. The maximum atomic E-state index is 13.8. The average Bonchev–Trinajstić information content (AvgIpc) is 2.88. The van der Waals surface area contributed by atoms with Crippen LogP contribution in [0, 0.1) is 0 Å². The summed E-state index contributed by atoms with van der Waals surface area (Å²) in [6, 6.07) is 9.04. The van der Waals surface area contributed by atoms with Crippen molar-refractivity contribution < 1.29 is 33.6 Å². The second-order valence-corrected chi connectivity index (χ2v) is 9.76. The number of aromatic hydroxyl groups is 1. The first kappa shape index (κ1) is 26.6. The second-order valence-electron chi connectivity index (χ2n) is 8.91. The molecule has 2 N–H and O–H groups in total. The van der Waals surface area contributed by atoms with Crippen LogP contribution in [-0.2, 0) is 14.3 Å². The number of methoxy groups -OCH3 is 3. The Morgan fingerprint density at radius 2 is 1.70 bits per heavy atom. The third-order valence-corrected chi connectivity index (χ3v) is 7.41. The first-order valence-corrected chi connectivity index (χ1v) is 12.7. The summed E-state index contributed by atoms with van der Waals surface area (Å²) < 4.78 is 22.0. The SMILES string of the molecule is CCOC(=O)C1=C(C)NC2=C(C(=O)C[C@H](c3ccc(OC)c(OC)c3)C2)[C@H]1c1cc(Br)c(O)c(OC)c1. The molecule has 0 saturated carbocycles. The van der Waals surface area contributed by atoms with Gasteiger partial charge in [0.2, 0.25) is 0 Å². The highest BCUT2D eigenvalue weighted by atomic mass is 79.9. The molecule has 0 bridgehead atoms. The zero-order valence-electron chi connectivity index (χ0n) is 21.4. The Morgan fingerprint density at radius 1 is 1.03 bits per heavy atom. The van der Waals surface area contributed by atoms with Gasteiger partial charge in [-0.05, 0) is 77.5 Å². The van der Waals surface area contributed by atoms with Crippen molar-refractivity contribution in [3.8, 4) is 23.0 Å². The maximum Gasteiger partial charge on any atom is 0.336 e. The number of ether oxygens (including phenoxy) is 4. The molecule has 0 saturated heterocycles. The van der Waals surface area contributed by atoms with Crippen molar-refractivity contribution in [2.75, 3.05) is 27.9 Å². The molecule has 2 aromatic carbocycles. The minimum Gasteiger partial charge on any atom is -0.503 e. The second kappa shape index (κ2) is 10.9. The van der Waals surface area contributed by atoms with Crippen LogP contribution >= 0.6 is 15.9 Å². The molecule has 0 unspecified atom stereocenters. The van der Waals surface area contributed by atoms with Crippen molar-refractivity contribution in [3.63, 3.8) is 0 Å². The molecule has 1 heterocycles. The Bertz CT molecular complexity index is 1310. The molecule has 0 spiro atoms. The monoisotopic (exact) mass is 571 g/mol. The van der Waals surface area contributed by atoms with Crippen LogP contribution < -0.4 is 19.5 Å². The van der Waals surface area contributed by atoms with Gasteiger partial charge in [-0.3, -0.25) is 4.79 Å². The van der Waals surface area contributed by atoms with E-state index in [2.05, 4.69) is 21.2 Å². The quantitative estimate of drug-likeness (QED) is 0.442. The van der Waals surface area contributed by atoms with E-state index in [0.717, 1.165) is 11.3 Å². The van der Waals surface area contributed by atoms with Gasteiger partial charge in [0, 0.05) is 29.3 Å². The smallest absolute Gasteiger partial charge is 0.336 e. The molecule has 2 aliphatic rings. The molecular weight excluding hydrogens is 542 g/mol. The van der Waals surface area contributed by atoms with E-state index < -0.39 is 11.9 Å². The molecule has 1 aliphatic carbocycles. The number of halogens is 1. The fraction of sp³-hybridized carbons (Fsp3) is 0.357. The minimum atomic E-state index is -0.681. The largest absolute Gasteiger partial charge is 0.503 e. The molecule has 4 rings (SSSR count). The van der Waals surface area contributed by atoms with E-state index in [1.165, 1.54) is 7.11 Å². The lowest BCUT2D eigenvalue weighted by molar-refractivity contribution is -0.138. The van der Waals surface area contributed by atoms with E-state index in [9.17, 15) is 14.7 Å². The lowest BCUT2D eigenvalue weighted by atomic mass is 9.71. The van der Waals surface area contributed by atoms with Crippen LogP contribution in [0.1, 0.15) is 49.7 Å². The minimum absolute atomic E-state index is 0.0590. The summed E-state index contributed by atoms with van der Waals surface area (Å²) in [6.07, 6.45) is 0.828. The molecule has 0 radical (unpaired) electrons. The van der Waals surface area contributed by atoms with E-state index in [0.29, 0.717) is 44.8 Å². The molecule has 9 heteroatoms. The van der Waals surface area contributed by atoms with E-state index >= 15 is 0 Å². The number of carbonyl (C=O) groups is 2. The summed E-state index contributed by atoms with van der Waals surface area (Å²) in [6.45, 7) is 3.75. The van der Waals surface area contributed by atoms with Crippen LogP contribution in [-0.4, -0.2) is 44.8 Å². The Balaban J connectivity index is 1.83. The molecule has 2 aromatic rings. The zero-order valence-corrected chi connectivity index (χ0v) is 23.0. The van der Waals surface area contributed by atoms with Crippen LogP contribution in [0.4, 0.5) is 0 Å². The van der Waals surface area contributed by atoms with Crippen LogP contribution in [0.5, 0.6) is 23.0 Å². The van der Waals surface area contributed by atoms with Gasteiger partial charge in [-0.25, -0.2) is 4.79 Å². The van der Waals surface area contributed by atoms with Crippen LogP contribution in [0.2, 0.25) is 0 Å². The zero-order chi connectivity index (χ0) is 26.9. The van der Waals surface area contributed by atoms with Gasteiger partial charge in [0.15, 0.2) is 28.8 Å². The van der Waals surface area contributed by atoms with Gasteiger partial charge < -0.3 is 29.4 Å². The molecule has 196 valence electrons. The number of allylic oxidation sites excluding steroid dienone is 3. The number of hydrogen-bond acceptors (Lipinski definition) is 8. The number of phenolic OH excluding ortho intramolecular Hbond substituents is 1. The van der Waals surface area contributed by atoms with E-state index in [1.807, 2.05) is 18.2 Å². The molecule has 0 amide bonds. The summed E-state index contributed by atoms with van der Waals surface area (Å²) in [5.41, 5.74) is 3.85. The van der Waals surface area contributed by atoms with Crippen molar-refractivity contribution in [3.05, 3.63) is 68.5 Å². The van der Waals surface area contributed by atoms with Crippen LogP contribution in [0.15, 0.2) is 57.3 Å². The van der Waals surface area contributed by atoms with Crippen LogP contribution in [0.3, 0.4) is 0 Å². The number of dihydropyridines is 1. The van der Waals surface area contributed by atoms with E-state index in [1.54, 1.807) is 40.2 Å². The van der Waals surface area contributed by atoms with Crippen molar-refractivity contribution >= 4 is 27.7 Å². The number of nitrogens with one attached hydrogen (secondary N) is 1. The van der Waals surface area contributed by atoms with Gasteiger partial charge in [-0.15, -0.1) is 0 Å². The van der Waals surface area contributed by atoms with E-state index in [4.69, 9.17) is 18.9 Å². The number of ketones is 1. The van der Waals surface area contributed by atoms with Gasteiger partial charge in [0.1, 0.15) is 0 Å². The van der Waals surface area contributed by atoms with Gasteiger partial charge in [-0.2, -0.15) is 0 Å². The number of Topliss-reactive ketones (excluding diaryl/α,β-unsaturated/α-hetero) is 1. The highest BCUT2D eigenvalue weighted by Crippen LogP contribution is 2.48. The number of rotatable bonds is 7. The Labute approximate surface area is 224 Å². The lowest BCUT2D eigenvalue weighted by Crippen LogP contribution is -2.36. The summed E-state index contributed by atoms with van der Waals surface area (Å²) in [5, 5.41) is 13.7. The molecule has 0 fully saturated rings. The van der Waals surface area contributed by atoms with Crippen molar-refractivity contribution in [1.82, 2.24) is 5.32 Å². The predicted octanol–water partition coefficient (Wildman–Crippen LogP) is 5.11. The van der Waals surface area contributed by atoms with Gasteiger partial charge in [0.25, 0.3) is 0 Å². The predicted molar refractivity (Wildman–Crippen MR) is 141 cm³/mol. The molecular formula is C28H30BrNO7. The number of benzene rings is 2. The number of carbonyl (C=O) groups excluding carboxylic acids is 2. The van der Waals surface area contributed by atoms with E-state index in [-0.39, 0.29) is 36.2 Å². The van der Waals surface area contributed by atoms with Crippen molar-refractivity contribution in [2.45, 2.75) is 38.5 Å². The number of esters is 1. The standard InChI is InChI=1S/C28H30BrNO7/c1-6-37-28(33)24-14(2)30-19-10-16(15-7-8-21(34-3)22(12-15)35-4)11-20(31)26(19)25(24)17-9-18(29)27(32)23(13-17)36-5/h7-9,12-13,16,25,30,32H,6,10-11H2,1-5H3/t16-,25+/m1/s1. The third-order valence-electron chi connectivity index (χ3n) is 6.81. The molecule has 1 aliphatic heterocycles. The number of phenols is 1. The first-order valence-electron chi connectivity index (χ1n) is 11.9. The summed E-state index contributed by atoms with van der Waals surface area (Å²) in [4.78, 5) is 26.9. The normalized spacial score (nSPS) is 19.2. The lowest BCUT2D eigenvalue weighted by Gasteiger charge is -2.37. The Morgan fingerprint density at radius 3 is 2.35 bits per heavy atom. The fourth-order valence-electron chi connectivity index (χ4n) is 5.11. The van der Waals surface area contributed by atoms with Crippen molar-refractivity contribution in [2.24, 2.45) is 0 Å². The summed E-state index contributed by atoms with van der Waals surface area (Å²) in [7, 11) is 4.61. The van der Waals surface area contributed by atoms with Gasteiger partial charge in [0.05, 0.1) is 38.0 Å². The Hall–Kier alpha value is -3.46. The maximum absolute atomic E-state index is 13.8. The first-order chi connectivity index (χ1) is 17.7. The van der Waals surface area contributed by atoms with Crippen molar-refractivity contribution in [1.29, 1.82) is 0 Å². The highest BCUT2D eigenvalue weighted by molar-refractivity contribution is 9.10. The Kier molecular flexibility index (Phi) is 7.82. The average molecular weight is 572 g/mol.